The summed E-state index contributed by atoms with van der Waals surface area (Å²) < 4.78 is 30.3. The van der Waals surface area contributed by atoms with Crippen LogP contribution in [0.4, 0.5) is 5.82 Å². The van der Waals surface area contributed by atoms with E-state index in [2.05, 4.69) is 41.4 Å². The van der Waals surface area contributed by atoms with Gasteiger partial charge in [-0.05, 0) is 12.1 Å². The molecule has 0 radical (unpaired) electrons. The number of anilines is 1. The number of aryl methyl sites for hydroxylation is 1. The summed E-state index contributed by atoms with van der Waals surface area (Å²) in [7, 11) is -1.84. The van der Waals surface area contributed by atoms with E-state index in [0.29, 0.717) is 29.7 Å². The Balaban J connectivity index is 1.76. The second-order valence-electron chi connectivity index (χ2n) is 8.29. The number of thioether (sulfide) groups is 1. The zero-order valence-electron chi connectivity index (χ0n) is 19.2. The largest absolute Gasteiger partial charge is 0.310 e. The third kappa shape index (κ3) is 4.97. The van der Waals surface area contributed by atoms with Crippen molar-refractivity contribution < 1.29 is 13.2 Å². The lowest BCUT2D eigenvalue weighted by atomic mass is 9.92. The van der Waals surface area contributed by atoms with Gasteiger partial charge in [-0.2, -0.15) is 9.40 Å². The SMILES string of the molecule is CCN(CC)S(=O)(=O)c1ccc2nnc(SCC(=O)Nc3cc(C(C)(C)C)nn3C)n2c1. The number of pyridine rings is 1. The van der Waals surface area contributed by atoms with Gasteiger partial charge in [-0.1, -0.05) is 46.4 Å². The highest BCUT2D eigenvalue weighted by Crippen LogP contribution is 2.24. The summed E-state index contributed by atoms with van der Waals surface area (Å²) in [5.41, 5.74) is 1.26. The molecule has 0 atom stereocenters. The van der Waals surface area contributed by atoms with Crippen molar-refractivity contribution in [2.24, 2.45) is 7.05 Å². The van der Waals surface area contributed by atoms with E-state index in [0.717, 1.165) is 5.69 Å². The van der Waals surface area contributed by atoms with Crippen LogP contribution in [-0.4, -0.2) is 61.9 Å². The fraction of sp³-hybridized carbons (Fsp3) is 0.500. The summed E-state index contributed by atoms with van der Waals surface area (Å²) in [6.07, 6.45) is 1.50. The molecule has 1 amide bonds. The molecule has 0 bridgehead atoms. The lowest BCUT2D eigenvalue weighted by molar-refractivity contribution is -0.113. The van der Waals surface area contributed by atoms with Crippen LogP contribution in [0.25, 0.3) is 5.65 Å². The number of carbonyl (C=O) groups is 1. The monoisotopic (exact) mass is 479 g/mol. The molecule has 12 heteroatoms. The van der Waals surface area contributed by atoms with Crippen LogP contribution in [0.2, 0.25) is 0 Å². The first-order valence-electron chi connectivity index (χ1n) is 10.3. The smallest absolute Gasteiger partial charge is 0.244 e. The zero-order chi connectivity index (χ0) is 23.7. The predicted molar refractivity (Wildman–Crippen MR) is 124 cm³/mol. The van der Waals surface area contributed by atoms with Gasteiger partial charge < -0.3 is 5.32 Å². The Morgan fingerprint density at radius 3 is 2.47 bits per heavy atom. The van der Waals surface area contributed by atoms with Crippen molar-refractivity contribution >= 4 is 39.2 Å². The molecular weight excluding hydrogens is 450 g/mol. The number of carbonyl (C=O) groups excluding carboxylic acids is 1. The Kier molecular flexibility index (Phi) is 6.96. The third-order valence-corrected chi connectivity index (χ3v) is 7.91. The van der Waals surface area contributed by atoms with Gasteiger partial charge in [0, 0.05) is 37.8 Å². The molecule has 10 nitrogen and oxygen atoms in total. The molecular formula is C20H29N7O3S2. The standard InChI is InChI=1S/C20H29N7O3S2/c1-7-26(8-2)32(29,30)14-9-10-16-22-23-19(27(16)12-14)31-13-18(28)21-17-11-15(20(3,4)5)24-25(17)6/h9-12H,7-8,13H2,1-6H3,(H,21,28). The lowest BCUT2D eigenvalue weighted by Gasteiger charge is -2.18. The molecule has 174 valence electrons. The fourth-order valence-corrected chi connectivity index (χ4v) is 5.25. The number of hydrogen-bond donors (Lipinski definition) is 1. The van der Waals surface area contributed by atoms with Gasteiger partial charge in [-0.25, -0.2) is 8.42 Å². The summed E-state index contributed by atoms with van der Waals surface area (Å²) >= 11 is 1.18. The normalized spacial score (nSPS) is 12.6. The number of sulfonamides is 1. The summed E-state index contributed by atoms with van der Waals surface area (Å²) in [5, 5.41) is 15.9. The molecule has 0 spiro atoms. The highest BCUT2D eigenvalue weighted by atomic mass is 32.2. The number of nitrogens with zero attached hydrogens (tertiary/aromatic N) is 6. The number of rotatable bonds is 8. The molecule has 0 saturated carbocycles. The number of fused-ring (bicyclic) bond motifs is 1. The maximum atomic E-state index is 12.8. The lowest BCUT2D eigenvalue weighted by Crippen LogP contribution is -2.30. The van der Waals surface area contributed by atoms with Gasteiger partial charge in [0.1, 0.15) is 5.82 Å². The van der Waals surface area contributed by atoms with Gasteiger partial charge in [0.25, 0.3) is 0 Å². The molecule has 0 saturated heterocycles. The van der Waals surface area contributed by atoms with Crippen LogP contribution in [0.1, 0.15) is 40.3 Å². The van der Waals surface area contributed by atoms with E-state index >= 15 is 0 Å². The minimum Gasteiger partial charge on any atom is -0.310 e. The highest BCUT2D eigenvalue weighted by molar-refractivity contribution is 7.99. The minimum absolute atomic E-state index is 0.0871. The molecule has 0 aliphatic rings. The third-order valence-electron chi connectivity index (χ3n) is 4.94. The molecule has 32 heavy (non-hydrogen) atoms. The first-order chi connectivity index (χ1) is 15.0. The van der Waals surface area contributed by atoms with Gasteiger partial charge in [-0.15, -0.1) is 10.2 Å². The number of nitrogens with one attached hydrogen (secondary N) is 1. The van der Waals surface area contributed by atoms with Crippen LogP contribution in [0, 0.1) is 0 Å². The highest BCUT2D eigenvalue weighted by Gasteiger charge is 2.23. The van der Waals surface area contributed by atoms with E-state index < -0.39 is 10.0 Å². The van der Waals surface area contributed by atoms with Crippen LogP contribution in [0.5, 0.6) is 0 Å². The van der Waals surface area contributed by atoms with Crippen molar-refractivity contribution in [3.05, 3.63) is 30.1 Å². The topological polar surface area (TPSA) is 114 Å². The Labute approximate surface area is 192 Å². The van der Waals surface area contributed by atoms with E-state index in [-0.39, 0.29) is 22.0 Å². The molecule has 3 aromatic heterocycles. The van der Waals surface area contributed by atoms with E-state index in [1.807, 2.05) is 6.07 Å². The van der Waals surface area contributed by atoms with Crippen molar-refractivity contribution in [1.82, 2.24) is 28.7 Å². The minimum atomic E-state index is -3.62. The van der Waals surface area contributed by atoms with Crippen LogP contribution < -0.4 is 5.32 Å². The molecule has 1 N–H and O–H groups in total. The summed E-state index contributed by atoms with van der Waals surface area (Å²) in [6.45, 7) is 10.5. The summed E-state index contributed by atoms with van der Waals surface area (Å²) in [6, 6.07) is 4.99. The fourth-order valence-electron chi connectivity index (χ4n) is 3.07. The Morgan fingerprint density at radius 1 is 1.19 bits per heavy atom. The van der Waals surface area contributed by atoms with Crippen molar-refractivity contribution in [2.45, 2.75) is 50.1 Å². The van der Waals surface area contributed by atoms with E-state index in [1.54, 1.807) is 36.0 Å². The second-order valence-corrected chi connectivity index (χ2v) is 11.2. The van der Waals surface area contributed by atoms with E-state index in [4.69, 9.17) is 0 Å². The van der Waals surface area contributed by atoms with Crippen LogP contribution in [0.3, 0.4) is 0 Å². The Bertz CT molecular complexity index is 1220. The van der Waals surface area contributed by atoms with Crippen LogP contribution in [-0.2, 0) is 27.3 Å². The van der Waals surface area contributed by atoms with Gasteiger partial charge in [-0.3, -0.25) is 13.9 Å². The molecule has 0 aliphatic heterocycles. The van der Waals surface area contributed by atoms with Crippen LogP contribution >= 0.6 is 11.8 Å². The molecule has 0 aliphatic carbocycles. The van der Waals surface area contributed by atoms with Crippen molar-refractivity contribution in [3.63, 3.8) is 0 Å². The molecule has 0 unspecified atom stereocenters. The van der Waals surface area contributed by atoms with Gasteiger partial charge >= 0.3 is 0 Å². The summed E-state index contributed by atoms with van der Waals surface area (Å²) in [5.74, 6) is 0.477. The average molecular weight is 480 g/mol. The number of amides is 1. The van der Waals surface area contributed by atoms with Crippen molar-refractivity contribution in [1.29, 1.82) is 0 Å². The average Bonchev–Trinajstić information content (AvgIpc) is 3.30. The summed E-state index contributed by atoms with van der Waals surface area (Å²) in [4.78, 5) is 12.7. The van der Waals surface area contributed by atoms with Crippen molar-refractivity contribution in [3.8, 4) is 0 Å². The van der Waals surface area contributed by atoms with Gasteiger partial charge in [0.05, 0.1) is 16.3 Å². The number of aromatic nitrogens is 5. The Hall–Kier alpha value is -2.44. The van der Waals surface area contributed by atoms with Crippen molar-refractivity contribution in [2.75, 3.05) is 24.2 Å². The Morgan fingerprint density at radius 2 is 1.88 bits per heavy atom. The van der Waals surface area contributed by atoms with Crippen LogP contribution in [0.15, 0.2) is 34.4 Å². The molecule has 3 rings (SSSR count). The quantitative estimate of drug-likeness (QED) is 0.494. The zero-order valence-corrected chi connectivity index (χ0v) is 20.8. The molecule has 3 aromatic rings. The maximum absolute atomic E-state index is 12.8. The second kappa shape index (κ2) is 9.20. The predicted octanol–water partition coefficient (Wildman–Crippen LogP) is 2.52. The van der Waals surface area contributed by atoms with Gasteiger partial charge in [0.2, 0.25) is 15.9 Å². The van der Waals surface area contributed by atoms with E-state index in [1.165, 1.54) is 28.3 Å². The molecule has 0 aromatic carbocycles. The first kappa shape index (κ1) is 24.2. The van der Waals surface area contributed by atoms with E-state index in [9.17, 15) is 13.2 Å². The maximum Gasteiger partial charge on any atom is 0.244 e. The molecule has 0 fully saturated rings. The first-order valence-corrected chi connectivity index (χ1v) is 12.7. The number of hydrogen-bond acceptors (Lipinski definition) is 7. The van der Waals surface area contributed by atoms with Gasteiger partial charge in [0.15, 0.2) is 10.8 Å². The molecule has 3 heterocycles.